The molecule has 0 spiro atoms. The molecule has 0 saturated heterocycles. The van der Waals surface area contributed by atoms with Crippen LogP contribution in [0.4, 0.5) is 4.39 Å². The highest BCUT2D eigenvalue weighted by Crippen LogP contribution is 2.27. The number of hydrogen-bond donors (Lipinski definition) is 1. The molecule has 2 aromatic carbocycles. The van der Waals surface area contributed by atoms with Gasteiger partial charge in [-0.1, -0.05) is 41.1 Å². The summed E-state index contributed by atoms with van der Waals surface area (Å²) in [7, 11) is 0. The summed E-state index contributed by atoms with van der Waals surface area (Å²) in [6, 6.07) is 13.4. The number of nitrogens with one attached hydrogen (secondary N) is 1. The van der Waals surface area contributed by atoms with Crippen LogP contribution in [0.3, 0.4) is 0 Å². The van der Waals surface area contributed by atoms with Crippen LogP contribution in [0.5, 0.6) is 0 Å². The van der Waals surface area contributed by atoms with E-state index in [1.165, 1.54) is 15.2 Å². The van der Waals surface area contributed by atoms with Crippen LogP contribution >= 0.6 is 38.5 Å². The monoisotopic (exact) mass is 461 g/mol. The second kappa shape index (κ2) is 8.25. The fourth-order valence-corrected chi connectivity index (χ4v) is 3.37. The van der Waals surface area contributed by atoms with Gasteiger partial charge in [-0.05, 0) is 77.4 Å². The Bertz CT molecular complexity index is 603. The standard InChI is InChI=1S/C17H18BrFIN/c1-2-9-21-17(10-12-5-3-4-6-15(12)19)14-11-13(18)7-8-16(14)20/h3-8,11,17,21H,2,9-10H2,1H3. The van der Waals surface area contributed by atoms with Crippen molar-refractivity contribution < 1.29 is 4.39 Å². The topological polar surface area (TPSA) is 12.0 Å². The van der Waals surface area contributed by atoms with Crippen LogP contribution in [0.1, 0.15) is 30.5 Å². The first-order valence-electron chi connectivity index (χ1n) is 7.03. The lowest BCUT2D eigenvalue weighted by molar-refractivity contribution is 0.511. The predicted octanol–water partition coefficient (Wildman–Crippen LogP) is 5.48. The molecule has 0 saturated carbocycles. The lowest BCUT2D eigenvalue weighted by Gasteiger charge is -2.21. The Labute approximate surface area is 147 Å². The molecule has 1 unspecified atom stereocenters. The molecule has 1 atom stereocenters. The zero-order valence-corrected chi connectivity index (χ0v) is 15.6. The predicted molar refractivity (Wildman–Crippen MR) is 98.0 cm³/mol. The largest absolute Gasteiger partial charge is 0.310 e. The van der Waals surface area contributed by atoms with Gasteiger partial charge in [0, 0.05) is 14.1 Å². The molecular formula is C17H18BrFIN. The molecule has 0 aromatic heterocycles. The van der Waals surface area contributed by atoms with E-state index in [1.54, 1.807) is 6.07 Å². The average molecular weight is 462 g/mol. The fourth-order valence-electron chi connectivity index (χ4n) is 2.28. The lowest BCUT2D eigenvalue weighted by Crippen LogP contribution is -2.25. The van der Waals surface area contributed by atoms with E-state index in [9.17, 15) is 4.39 Å². The van der Waals surface area contributed by atoms with Gasteiger partial charge in [0.05, 0.1) is 0 Å². The number of halogens is 3. The zero-order valence-electron chi connectivity index (χ0n) is 11.9. The van der Waals surface area contributed by atoms with E-state index >= 15 is 0 Å². The fraction of sp³-hybridized carbons (Fsp3) is 0.294. The minimum Gasteiger partial charge on any atom is -0.310 e. The lowest BCUT2D eigenvalue weighted by atomic mass is 9.98. The van der Waals surface area contributed by atoms with Gasteiger partial charge in [0.15, 0.2) is 0 Å². The molecule has 0 aliphatic rings. The van der Waals surface area contributed by atoms with Crippen molar-refractivity contribution in [1.29, 1.82) is 0 Å². The summed E-state index contributed by atoms with van der Waals surface area (Å²) in [5.74, 6) is -0.134. The van der Waals surface area contributed by atoms with Crippen molar-refractivity contribution in [2.45, 2.75) is 25.8 Å². The van der Waals surface area contributed by atoms with E-state index in [4.69, 9.17) is 0 Å². The Morgan fingerprint density at radius 3 is 2.71 bits per heavy atom. The van der Waals surface area contributed by atoms with Crippen LogP contribution < -0.4 is 5.32 Å². The van der Waals surface area contributed by atoms with Crippen molar-refractivity contribution in [3.8, 4) is 0 Å². The summed E-state index contributed by atoms with van der Waals surface area (Å²) in [5.41, 5.74) is 1.96. The molecule has 2 rings (SSSR count). The first-order chi connectivity index (χ1) is 10.1. The molecule has 0 bridgehead atoms. The quantitative estimate of drug-likeness (QED) is 0.562. The van der Waals surface area contributed by atoms with Crippen molar-refractivity contribution in [1.82, 2.24) is 5.32 Å². The SMILES string of the molecule is CCCNC(Cc1ccccc1F)c1cc(Br)ccc1I. The number of rotatable bonds is 6. The third-order valence-corrected chi connectivity index (χ3v) is 4.83. The van der Waals surface area contributed by atoms with Crippen LogP contribution in [0.2, 0.25) is 0 Å². The van der Waals surface area contributed by atoms with Crippen molar-refractivity contribution >= 4 is 38.5 Å². The molecule has 0 aliphatic heterocycles. The van der Waals surface area contributed by atoms with Gasteiger partial charge in [0.25, 0.3) is 0 Å². The van der Waals surface area contributed by atoms with Crippen LogP contribution in [0, 0.1) is 9.39 Å². The Kier molecular flexibility index (Phi) is 6.64. The third kappa shape index (κ3) is 4.76. The highest BCUT2D eigenvalue weighted by atomic mass is 127. The second-order valence-corrected chi connectivity index (χ2v) is 7.05. The van der Waals surface area contributed by atoms with E-state index in [0.717, 1.165) is 23.0 Å². The highest BCUT2D eigenvalue weighted by Gasteiger charge is 2.16. The van der Waals surface area contributed by atoms with Gasteiger partial charge in [0.2, 0.25) is 0 Å². The third-order valence-electron chi connectivity index (χ3n) is 3.36. The Hall–Kier alpha value is -0.460. The van der Waals surface area contributed by atoms with Crippen LogP contribution in [0.25, 0.3) is 0 Å². The van der Waals surface area contributed by atoms with Gasteiger partial charge in [-0.2, -0.15) is 0 Å². The maximum absolute atomic E-state index is 13.9. The van der Waals surface area contributed by atoms with E-state index in [0.29, 0.717) is 6.42 Å². The summed E-state index contributed by atoms with van der Waals surface area (Å²) < 4.78 is 16.2. The molecule has 0 amide bonds. The van der Waals surface area contributed by atoms with Crippen LogP contribution in [0.15, 0.2) is 46.9 Å². The van der Waals surface area contributed by atoms with E-state index in [2.05, 4.69) is 62.9 Å². The zero-order chi connectivity index (χ0) is 15.2. The summed E-state index contributed by atoms with van der Waals surface area (Å²) >= 11 is 5.87. The highest BCUT2D eigenvalue weighted by molar-refractivity contribution is 14.1. The number of hydrogen-bond acceptors (Lipinski definition) is 1. The van der Waals surface area contributed by atoms with Gasteiger partial charge in [-0.15, -0.1) is 0 Å². The van der Waals surface area contributed by atoms with Crippen molar-refractivity contribution in [2.75, 3.05) is 6.54 Å². The molecule has 1 N–H and O–H groups in total. The van der Waals surface area contributed by atoms with Crippen molar-refractivity contribution in [2.24, 2.45) is 0 Å². The summed E-state index contributed by atoms with van der Waals surface area (Å²) in [6.07, 6.45) is 1.71. The molecule has 2 aromatic rings. The smallest absolute Gasteiger partial charge is 0.126 e. The van der Waals surface area contributed by atoms with E-state index in [-0.39, 0.29) is 11.9 Å². The van der Waals surface area contributed by atoms with Gasteiger partial charge in [0.1, 0.15) is 5.82 Å². The minimum absolute atomic E-state index is 0.117. The van der Waals surface area contributed by atoms with Crippen LogP contribution in [-0.4, -0.2) is 6.54 Å². The normalized spacial score (nSPS) is 12.4. The maximum atomic E-state index is 13.9. The number of benzene rings is 2. The summed E-state index contributed by atoms with van der Waals surface area (Å²) in [4.78, 5) is 0. The Balaban J connectivity index is 2.30. The first-order valence-corrected chi connectivity index (χ1v) is 8.90. The molecule has 0 aliphatic carbocycles. The van der Waals surface area contributed by atoms with Gasteiger partial charge in [-0.3, -0.25) is 0 Å². The molecule has 21 heavy (non-hydrogen) atoms. The van der Waals surface area contributed by atoms with Crippen LogP contribution in [-0.2, 0) is 6.42 Å². The van der Waals surface area contributed by atoms with Crippen molar-refractivity contribution in [3.63, 3.8) is 0 Å². The molecule has 0 heterocycles. The molecule has 4 heteroatoms. The maximum Gasteiger partial charge on any atom is 0.126 e. The summed E-state index contributed by atoms with van der Waals surface area (Å²) in [6.45, 7) is 3.06. The second-order valence-electron chi connectivity index (χ2n) is 4.97. The van der Waals surface area contributed by atoms with Gasteiger partial charge >= 0.3 is 0 Å². The van der Waals surface area contributed by atoms with E-state index in [1.807, 2.05) is 18.2 Å². The minimum atomic E-state index is -0.134. The summed E-state index contributed by atoms with van der Waals surface area (Å²) in [5, 5.41) is 3.54. The average Bonchev–Trinajstić information content (AvgIpc) is 2.48. The molecule has 0 fully saturated rings. The van der Waals surface area contributed by atoms with Gasteiger partial charge < -0.3 is 5.32 Å². The molecule has 112 valence electrons. The van der Waals surface area contributed by atoms with Crippen molar-refractivity contribution in [3.05, 3.63) is 67.5 Å². The first kappa shape index (κ1) is 16.9. The van der Waals surface area contributed by atoms with Gasteiger partial charge in [-0.25, -0.2) is 4.39 Å². The molecular weight excluding hydrogens is 444 g/mol. The van der Waals surface area contributed by atoms with E-state index < -0.39 is 0 Å². The molecule has 1 nitrogen and oxygen atoms in total. The molecule has 0 radical (unpaired) electrons. The Morgan fingerprint density at radius 1 is 1.24 bits per heavy atom. The Morgan fingerprint density at radius 2 is 2.00 bits per heavy atom.